The molecule has 0 aliphatic carbocycles. The average Bonchev–Trinajstić information content (AvgIpc) is 2.16. The van der Waals surface area contributed by atoms with Gasteiger partial charge in [0.05, 0.1) is 0 Å². The van der Waals surface area contributed by atoms with Crippen LogP contribution < -0.4 is 5.73 Å². The Kier molecular flexibility index (Phi) is 6.81. The van der Waals surface area contributed by atoms with E-state index < -0.39 is 11.8 Å². The number of nitrogens with two attached hydrogens (primary N) is 1. The first-order chi connectivity index (χ1) is 7.90. The number of carboxylic acids is 1. The Bertz CT molecular complexity index is 426. The van der Waals surface area contributed by atoms with Gasteiger partial charge in [-0.15, -0.1) is 0 Å². The van der Waals surface area contributed by atoms with E-state index in [2.05, 4.69) is 21.7 Å². The third-order valence-corrected chi connectivity index (χ3v) is 2.06. The maximum absolute atomic E-state index is 12.9. The Balaban J connectivity index is 0.000000770. The second-order valence-electron chi connectivity index (χ2n) is 2.97. The summed E-state index contributed by atoms with van der Waals surface area (Å²) in [6, 6.07) is 4.24. The minimum atomic E-state index is -1.01. The van der Waals surface area contributed by atoms with Gasteiger partial charge < -0.3 is 10.8 Å². The number of rotatable bonds is 2. The van der Waals surface area contributed by atoms with E-state index in [0.29, 0.717) is 10.0 Å². The number of carboxylic acid groups (broad SMARTS) is 1. The monoisotopic (exact) mass is 303 g/mol. The van der Waals surface area contributed by atoms with Crippen molar-refractivity contribution in [3.05, 3.63) is 39.6 Å². The van der Waals surface area contributed by atoms with E-state index in [0.717, 1.165) is 0 Å². The van der Waals surface area contributed by atoms with Crippen molar-refractivity contribution in [3.63, 3.8) is 0 Å². The SMILES string of the molecule is C/C(=C\c1cc(F)cc(Br)c1)C(=O)O.NC=O. The fourth-order valence-corrected chi connectivity index (χ4v) is 1.45. The number of aliphatic carboxylic acids is 1. The summed E-state index contributed by atoms with van der Waals surface area (Å²) in [5.41, 5.74) is 4.86. The van der Waals surface area contributed by atoms with Crippen molar-refractivity contribution in [1.82, 2.24) is 0 Å². The minimum Gasteiger partial charge on any atom is -0.478 e. The van der Waals surface area contributed by atoms with Crippen molar-refractivity contribution in [2.45, 2.75) is 6.92 Å². The smallest absolute Gasteiger partial charge is 0.331 e. The summed E-state index contributed by atoms with van der Waals surface area (Å²) in [7, 11) is 0. The van der Waals surface area contributed by atoms with Crippen LogP contribution >= 0.6 is 15.9 Å². The predicted octanol–water partition coefficient (Wildman–Crippen LogP) is 2.18. The number of hydrogen-bond donors (Lipinski definition) is 2. The van der Waals surface area contributed by atoms with E-state index in [9.17, 15) is 9.18 Å². The van der Waals surface area contributed by atoms with Crippen molar-refractivity contribution >= 4 is 34.4 Å². The number of primary amides is 1. The maximum atomic E-state index is 12.9. The van der Waals surface area contributed by atoms with Crippen LogP contribution in [0.2, 0.25) is 0 Å². The summed E-state index contributed by atoms with van der Waals surface area (Å²) >= 11 is 3.12. The molecule has 0 saturated heterocycles. The molecule has 17 heavy (non-hydrogen) atoms. The number of benzene rings is 1. The van der Waals surface area contributed by atoms with E-state index in [1.807, 2.05) is 0 Å². The zero-order valence-corrected chi connectivity index (χ0v) is 10.6. The molecule has 0 aromatic heterocycles. The van der Waals surface area contributed by atoms with Crippen molar-refractivity contribution in [2.24, 2.45) is 5.73 Å². The fraction of sp³-hybridized carbons (Fsp3) is 0.0909. The van der Waals surface area contributed by atoms with Crippen LogP contribution in [0.5, 0.6) is 0 Å². The van der Waals surface area contributed by atoms with Crippen LogP contribution in [0.4, 0.5) is 4.39 Å². The Morgan fingerprint density at radius 1 is 1.47 bits per heavy atom. The zero-order valence-electron chi connectivity index (χ0n) is 8.98. The number of halogens is 2. The molecule has 1 aromatic rings. The molecule has 92 valence electrons. The number of carbonyl (C=O) groups is 2. The van der Waals surface area contributed by atoms with Gasteiger partial charge in [-0.25, -0.2) is 9.18 Å². The third kappa shape index (κ3) is 6.47. The predicted molar refractivity (Wildman–Crippen MR) is 65.6 cm³/mol. The first-order valence-electron chi connectivity index (χ1n) is 4.43. The van der Waals surface area contributed by atoms with E-state index in [-0.39, 0.29) is 12.0 Å². The van der Waals surface area contributed by atoms with Crippen LogP contribution in [-0.4, -0.2) is 17.5 Å². The van der Waals surface area contributed by atoms with Crippen LogP contribution in [-0.2, 0) is 9.59 Å². The lowest BCUT2D eigenvalue weighted by atomic mass is 10.1. The van der Waals surface area contributed by atoms with Gasteiger partial charge in [0.25, 0.3) is 0 Å². The van der Waals surface area contributed by atoms with Gasteiger partial charge in [-0.2, -0.15) is 0 Å². The molecule has 0 radical (unpaired) electrons. The lowest BCUT2D eigenvalue weighted by molar-refractivity contribution is -0.132. The van der Waals surface area contributed by atoms with Gasteiger partial charge >= 0.3 is 5.97 Å². The molecule has 0 aliphatic rings. The maximum Gasteiger partial charge on any atom is 0.331 e. The van der Waals surface area contributed by atoms with E-state index >= 15 is 0 Å². The van der Waals surface area contributed by atoms with Crippen molar-refractivity contribution < 1.29 is 19.1 Å². The van der Waals surface area contributed by atoms with E-state index in [1.165, 1.54) is 25.1 Å². The molecular weight excluding hydrogens is 293 g/mol. The summed E-state index contributed by atoms with van der Waals surface area (Å²) in [6.07, 6.45) is 1.66. The van der Waals surface area contributed by atoms with Crippen LogP contribution in [0.25, 0.3) is 6.08 Å². The molecule has 1 amide bonds. The Labute approximate surface area is 106 Å². The van der Waals surface area contributed by atoms with Crippen LogP contribution in [0.15, 0.2) is 28.2 Å². The lowest BCUT2D eigenvalue weighted by Crippen LogP contribution is -1.95. The second kappa shape index (κ2) is 7.56. The molecule has 0 fully saturated rings. The molecule has 4 nitrogen and oxygen atoms in total. The summed E-state index contributed by atoms with van der Waals surface area (Å²) in [4.78, 5) is 19.1. The van der Waals surface area contributed by atoms with Crippen molar-refractivity contribution in [1.29, 1.82) is 0 Å². The molecule has 0 aliphatic heterocycles. The van der Waals surface area contributed by atoms with Gasteiger partial charge in [-0.3, -0.25) is 4.79 Å². The highest BCUT2D eigenvalue weighted by atomic mass is 79.9. The third-order valence-electron chi connectivity index (χ3n) is 1.61. The summed E-state index contributed by atoms with van der Waals surface area (Å²) < 4.78 is 13.5. The van der Waals surface area contributed by atoms with Gasteiger partial charge in [0.1, 0.15) is 5.82 Å². The quantitative estimate of drug-likeness (QED) is 0.649. The molecule has 0 unspecified atom stereocenters. The Hall–Kier alpha value is -1.69. The van der Waals surface area contributed by atoms with Gasteiger partial charge in [0, 0.05) is 10.0 Å². The molecule has 0 spiro atoms. The summed E-state index contributed by atoms with van der Waals surface area (Å²) in [6.45, 7) is 1.46. The van der Waals surface area contributed by atoms with Crippen LogP contribution in [0, 0.1) is 5.82 Å². The lowest BCUT2D eigenvalue weighted by Gasteiger charge is -1.98. The van der Waals surface area contributed by atoms with Gasteiger partial charge in [0.2, 0.25) is 6.41 Å². The van der Waals surface area contributed by atoms with Gasteiger partial charge in [-0.1, -0.05) is 15.9 Å². The molecule has 0 saturated carbocycles. The van der Waals surface area contributed by atoms with E-state index in [1.54, 1.807) is 6.07 Å². The Morgan fingerprint density at radius 2 is 2.00 bits per heavy atom. The van der Waals surface area contributed by atoms with Crippen LogP contribution in [0.3, 0.4) is 0 Å². The largest absolute Gasteiger partial charge is 0.478 e. The minimum absolute atomic E-state index is 0.169. The fourth-order valence-electron chi connectivity index (χ4n) is 0.970. The number of carbonyl (C=O) groups excluding carboxylic acids is 1. The van der Waals surface area contributed by atoms with Gasteiger partial charge in [-0.05, 0) is 36.8 Å². The van der Waals surface area contributed by atoms with Crippen molar-refractivity contribution in [2.75, 3.05) is 0 Å². The second-order valence-corrected chi connectivity index (χ2v) is 3.89. The normalized spacial score (nSPS) is 10.2. The molecule has 0 bridgehead atoms. The molecular formula is C11H11BrFNO3. The molecule has 3 N–H and O–H groups in total. The Morgan fingerprint density at radius 3 is 2.41 bits per heavy atom. The van der Waals surface area contributed by atoms with Crippen LogP contribution in [0.1, 0.15) is 12.5 Å². The highest BCUT2D eigenvalue weighted by Gasteiger charge is 2.01. The first-order valence-corrected chi connectivity index (χ1v) is 5.23. The van der Waals surface area contributed by atoms with Crippen molar-refractivity contribution in [3.8, 4) is 0 Å². The molecule has 0 heterocycles. The van der Waals surface area contributed by atoms with E-state index in [4.69, 9.17) is 9.90 Å². The molecule has 6 heteroatoms. The summed E-state index contributed by atoms with van der Waals surface area (Å²) in [5, 5.41) is 8.61. The standard InChI is InChI=1S/C10H8BrFO2.CH3NO/c1-6(10(13)14)2-7-3-8(11)5-9(12)4-7;2-1-3/h2-5H,1H3,(H,13,14);1H,(H2,2,3)/b6-2+;. The molecule has 0 atom stereocenters. The first kappa shape index (κ1) is 15.3. The topological polar surface area (TPSA) is 80.4 Å². The molecule has 1 aromatic carbocycles. The molecule has 1 rings (SSSR count). The highest BCUT2D eigenvalue weighted by Crippen LogP contribution is 2.17. The average molecular weight is 304 g/mol. The number of amides is 1. The highest BCUT2D eigenvalue weighted by molar-refractivity contribution is 9.10. The number of hydrogen-bond acceptors (Lipinski definition) is 2. The summed E-state index contributed by atoms with van der Waals surface area (Å²) in [5.74, 6) is -1.41. The zero-order chi connectivity index (χ0) is 13.4. The van der Waals surface area contributed by atoms with Gasteiger partial charge in [0.15, 0.2) is 0 Å².